The lowest BCUT2D eigenvalue weighted by Gasteiger charge is -2.29. The summed E-state index contributed by atoms with van der Waals surface area (Å²) in [5.74, 6) is 1.01. The Morgan fingerprint density at radius 3 is 2.87 bits per heavy atom. The average molecular weight is 436 g/mol. The highest BCUT2D eigenvalue weighted by molar-refractivity contribution is 7.17. The van der Waals surface area contributed by atoms with Gasteiger partial charge >= 0.3 is 0 Å². The summed E-state index contributed by atoms with van der Waals surface area (Å²) < 4.78 is 5.89. The molecule has 1 aliphatic carbocycles. The number of Topliss-reactive ketones (excluding diaryl/α,β-unsaturated/α-hetero) is 1. The number of carbonyl (C=O) groups is 1. The molecule has 2 aliphatic rings. The van der Waals surface area contributed by atoms with E-state index in [-0.39, 0.29) is 17.8 Å². The van der Waals surface area contributed by atoms with Gasteiger partial charge in [0.15, 0.2) is 10.9 Å². The van der Waals surface area contributed by atoms with Gasteiger partial charge in [0, 0.05) is 24.8 Å². The highest BCUT2D eigenvalue weighted by atomic mass is 32.1. The zero-order chi connectivity index (χ0) is 21.6. The van der Waals surface area contributed by atoms with Crippen molar-refractivity contribution in [2.45, 2.75) is 33.1 Å². The smallest absolute Gasteiger partial charge is 0.190 e. The van der Waals surface area contributed by atoms with E-state index >= 15 is 0 Å². The lowest BCUT2D eigenvalue weighted by atomic mass is 9.78. The van der Waals surface area contributed by atoms with E-state index in [1.807, 2.05) is 30.5 Å². The second kappa shape index (κ2) is 7.73. The molecule has 0 saturated heterocycles. The van der Waals surface area contributed by atoms with Crippen molar-refractivity contribution < 1.29 is 14.6 Å². The molecule has 3 aromatic rings. The van der Waals surface area contributed by atoms with Crippen LogP contribution in [0, 0.1) is 5.41 Å². The third-order valence-electron chi connectivity index (χ3n) is 5.80. The van der Waals surface area contributed by atoms with Crippen molar-refractivity contribution in [2.24, 2.45) is 5.41 Å². The minimum Gasteiger partial charge on any atom is -0.490 e. The van der Waals surface area contributed by atoms with Crippen LogP contribution in [0.3, 0.4) is 0 Å². The van der Waals surface area contributed by atoms with Gasteiger partial charge in [0.25, 0.3) is 0 Å². The Labute approximate surface area is 185 Å². The SMILES string of the molecule is CC1(C)CC(=O)c2sc(N3CCOc4ccc(-c5ccc(CCO)cn5)cc43)nc2C1. The number of carbonyl (C=O) groups excluding carboxylic acids is 1. The van der Waals surface area contributed by atoms with Crippen molar-refractivity contribution in [1.82, 2.24) is 9.97 Å². The number of aromatic nitrogens is 2. The molecule has 5 rings (SSSR count). The van der Waals surface area contributed by atoms with Crippen molar-refractivity contribution in [2.75, 3.05) is 24.7 Å². The first-order valence-corrected chi connectivity index (χ1v) is 11.4. The zero-order valence-electron chi connectivity index (χ0n) is 17.7. The van der Waals surface area contributed by atoms with Crippen LogP contribution in [0.25, 0.3) is 11.3 Å². The second-order valence-electron chi connectivity index (χ2n) is 8.92. The van der Waals surface area contributed by atoms with Crippen LogP contribution in [0.15, 0.2) is 36.5 Å². The molecule has 160 valence electrons. The lowest BCUT2D eigenvalue weighted by Crippen LogP contribution is -2.28. The highest BCUT2D eigenvalue weighted by Gasteiger charge is 2.35. The molecular weight excluding hydrogens is 410 g/mol. The van der Waals surface area contributed by atoms with Gasteiger partial charge < -0.3 is 14.7 Å². The number of aliphatic hydroxyl groups excluding tert-OH is 1. The van der Waals surface area contributed by atoms with Gasteiger partial charge in [-0.1, -0.05) is 31.3 Å². The molecule has 7 heteroatoms. The van der Waals surface area contributed by atoms with Gasteiger partial charge in [-0.3, -0.25) is 9.78 Å². The third-order valence-corrected chi connectivity index (χ3v) is 6.96. The normalized spacial score (nSPS) is 17.1. The Hall–Kier alpha value is -2.77. The molecule has 0 fully saturated rings. The number of thiazole rings is 1. The molecule has 1 aromatic carbocycles. The van der Waals surface area contributed by atoms with E-state index in [0.29, 0.717) is 26.0 Å². The summed E-state index contributed by atoms with van der Waals surface area (Å²) in [5, 5.41) is 9.96. The van der Waals surface area contributed by atoms with Crippen LogP contribution in [-0.4, -0.2) is 40.6 Å². The minimum absolute atomic E-state index is 0.0423. The van der Waals surface area contributed by atoms with Crippen LogP contribution in [-0.2, 0) is 12.8 Å². The number of hydrogen-bond donors (Lipinski definition) is 1. The highest BCUT2D eigenvalue weighted by Crippen LogP contribution is 2.44. The fourth-order valence-corrected chi connectivity index (χ4v) is 5.33. The number of rotatable bonds is 4. The largest absolute Gasteiger partial charge is 0.490 e. The van der Waals surface area contributed by atoms with Gasteiger partial charge in [0.2, 0.25) is 0 Å². The van der Waals surface area contributed by atoms with Gasteiger partial charge in [-0.15, -0.1) is 0 Å². The Morgan fingerprint density at radius 1 is 1.23 bits per heavy atom. The maximum Gasteiger partial charge on any atom is 0.190 e. The summed E-state index contributed by atoms with van der Waals surface area (Å²) in [4.78, 5) is 25.1. The third kappa shape index (κ3) is 3.83. The number of anilines is 2. The maximum atomic E-state index is 12.7. The quantitative estimate of drug-likeness (QED) is 0.654. The Balaban J connectivity index is 1.50. The Bertz CT molecular complexity index is 1140. The van der Waals surface area contributed by atoms with Crippen molar-refractivity contribution >= 4 is 27.9 Å². The second-order valence-corrected chi connectivity index (χ2v) is 9.90. The van der Waals surface area contributed by atoms with Gasteiger partial charge in [-0.2, -0.15) is 0 Å². The standard InChI is InChI=1S/C24H25N3O3S/c1-24(2)12-18-22(20(29)13-24)31-23(26-18)27-8-10-30-21-6-4-16(11-19(21)27)17-5-3-15(7-9-28)14-25-17/h3-6,11,14,28H,7-10,12-13H2,1-2H3. The van der Waals surface area contributed by atoms with Crippen LogP contribution in [0.4, 0.5) is 10.8 Å². The average Bonchev–Trinajstić information content (AvgIpc) is 3.17. The number of hydrogen-bond acceptors (Lipinski definition) is 7. The topological polar surface area (TPSA) is 75.6 Å². The van der Waals surface area contributed by atoms with Gasteiger partial charge in [-0.05, 0) is 48.1 Å². The first-order valence-electron chi connectivity index (χ1n) is 10.6. The zero-order valence-corrected chi connectivity index (χ0v) is 18.5. The molecule has 31 heavy (non-hydrogen) atoms. The molecule has 6 nitrogen and oxygen atoms in total. The van der Waals surface area contributed by atoms with Crippen LogP contribution in [0.5, 0.6) is 5.75 Å². The van der Waals surface area contributed by atoms with Gasteiger partial charge in [-0.25, -0.2) is 4.98 Å². The summed E-state index contributed by atoms with van der Waals surface area (Å²) >= 11 is 1.49. The predicted octanol–water partition coefficient (Wildman–Crippen LogP) is 4.43. The number of ketones is 1. The van der Waals surface area contributed by atoms with E-state index in [9.17, 15) is 4.79 Å². The number of fused-ring (bicyclic) bond motifs is 2. The molecule has 1 aliphatic heterocycles. The summed E-state index contributed by atoms with van der Waals surface area (Å²) in [6.07, 6.45) is 3.81. The van der Waals surface area contributed by atoms with Crippen LogP contribution in [0.2, 0.25) is 0 Å². The maximum absolute atomic E-state index is 12.7. The van der Waals surface area contributed by atoms with Gasteiger partial charge in [0.1, 0.15) is 12.4 Å². The van der Waals surface area contributed by atoms with Crippen LogP contribution < -0.4 is 9.64 Å². The lowest BCUT2D eigenvalue weighted by molar-refractivity contribution is 0.0916. The molecule has 0 atom stereocenters. The van der Waals surface area contributed by atoms with E-state index in [4.69, 9.17) is 14.8 Å². The summed E-state index contributed by atoms with van der Waals surface area (Å²) in [6, 6.07) is 10.0. The minimum atomic E-state index is -0.0423. The molecule has 0 unspecified atom stereocenters. The van der Waals surface area contributed by atoms with Crippen molar-refractivity contribution in [1.29, 1.82) is 0 Å². The van der Waals surface area contributed by atoms with E-state index in [1.54, 1.807) is 0 Å². The van der Waals surface area contributed by atoms with Gasteiger partial charge in [0.05, 0.1) is 28.5 Å². The number of nitrogens with zero attached hydrogens (tertiary/aromatic N) is 3. The summed E-state index contributed by atoms with van der Waals surface area (Å²) in [7, 11) is 0. The molecular formula is C24H25N3O3S. The van der Waals surface area contributed by atoms with Crippen molar-refractivity contribution in [3.8, 4) is 17.0 Å². The van der Waals surface area contributed by atoms with E-state index in [1.165, 1.54) is 11.3 Å². The fraction of sp³-hybridized carbons (Fsp3) is 0.375. The molecule has 0 amide bonds. The first kappa shape index (κ1) is 20.2. The summed E-state index contributed by atoms with van der Waals surface area (Å²) in [5.41, 5.74) is 4.69. The molecule has 2 aromatic heterocycles. The molecule has 1 N–H and O–H groups in total. The first-order chi connectivity index (χ1) is 14.9. The molecule has 0 saturated carbocycles. The van der Waals surface area contributed by atoms with E-state index in [2.05, 4.69) is 29.8 Å². The number of pyridine rings is 1. The van der Waals surface area contributed by atoms with Crippen LogP contribution in [0.1, 0.15) is 41.2 Å². The molecule has 0 bridgehead atoms. The fourth-order valence-electron chi connectivity index (χ4n) is 4.27. The Morgan fingerprint density at radius 2 is 2.10 bits per heavy atom. The van der Waals surface area contributed by atoms with Crippen LogP contribution >= 0.6 is 11.3 Å². The van der Waals surface area contributed by atoms with E-state index < -0.39 is 0 Å². The molecule has 3 heterocycles. The van der Waals surface area contributed by atoms with Crippen molar-refractivity contribution in [3.63, 3.8) is 0 Å². The summed E-state index contributed by atoms with van der Waals surface area (Å²) in [6.45, 7) is 5.63. The predicted molar refractivity (Wildman–Crippen MR) is 122 cm³/mol. The molecule has 0 spiro atoms. The number of benzene rings is 1. The van der Waals surface area contributed by atoms with E-state index in [0.717, 1.165) is 50.4 Å². The monoisotopic (exact) mass is 435 g/mol. The molecule has 0 radical (unpaired) electrons. The number of aliphatic hydroxyl groups is 1. The Kier molecular flexibility index (Phi) is 5.02. The number of ether oxygens (including phenoxy) is 1. The van der Waals surface area contributed by atoms with Crippen molar-refractivity contribution in [3.05, 3.63) is 52.7 Å².